The second-order valence-corrected chi connectivity index (χ2v) is 6.81. The number of carbonyl (C=O) groups excluding carboxylic acids is 1. The quantitative estimate of drug-likeness (QED) is 0.849. The highest BCUT2D eigenvalue weighted by molar-refractivity contribution is 5.92. The number of carbonyl (C=O) groups is 1. The van der Waals surface area contributed by atoms with Gasteiger partial charge in [0.15, 0.2) is 5.69 Å². The lowest BCUT2D eigenvalue weighted by atomic mass is 9.94. The van der Waals surface area contributed by atoms with Gasteiger partial charge < -0.3 is 14.0 Å². The van der Waals surface area contributed by atoms with E-state index in [0.29, 0.717) is 18.8 Å². The first kappa shape index (κ1) is 16.1. The van der Waals surface area contributed by atoms with Gasteiger partial charge in [0.1, 0.15) is 11.6 Å². The molecule has 7 nitrogen and oxygen atoms in total. The normalized spacial score (nSPS) is 19.9. The second-order valence-electron chi connectivity index (χ2n) is 6.81. The Balaban J connectivity index is 1.57. The van der Waals surface area contributed by atoms with Gasteiger partial charge in [-0.3, -0.25) is 9.59 Å². The number of hydrogen-bond acceptors (Lipinski definition) is 5. The fourth-order valence-corrected chi connectivity index (χ4v) is 3.90. The fourth-order valence-electron chi connectivity index (χ4n) is 3.90. The van der Waals surface area contributed by atoms with Crippen LogP contribution in [0.1, 0.15) is 59.9 Å². The first-order valence-corrected chi connectivity index (χ1v) is 9.01. The highest BCUT2D eigenvalue weighted by Gasteiger charge is 2.30. The lowest BCUT2D eigenvalue weighted by molar-refractivity contribution is 0.0694. The number of amides is 1. The fraction of sp³-hybridized carbons (Fsp3) is 0.556. The molecule has 4 rings (SSSR count). The summed E-state index contributed by atoms with van der Waals surface area (Å²) < 4.78 is 7.33. The average Bonchev–Trinajstić information content (AvgIpc) is 3.29. The summed E-state index contributed by atoms with van der Waals surface area (Å²) in [7, 11) is 0. The minimum Gasteiger partial charge on any atom is -0.361 e. The zero-order valence-corrected chi connectivity index (χ0v) is 14.4. The molecular formula is C18H22N4O3. The third-order valence-corrected chi connectivity index (χ3v) is 5.17. The van der Waals surface area contributed by atoms with Crippen molar-refractivity contribution in [2.45, 2.75) is 51.5 Å². The summed E-state index contributed by atoms with van der Waals surface area (Å²) >= 11 is 0. The summed E-state index contributed by atoms with van der Waals surface area (Å²) in [6, 6.07) is 3.37. The molecule has 0 aliphatic carbocycles. The van der Waals surface area contributed by atoms with Gasteiger partial charge in [0.2, 0.25) is 0 Å². The van der Waals surface area contributed by atoms with Crippen LogP contribution in [0, 0.1) is 0 Å². The lowest BCUT2D eigenvalue weighted by Crippen LogP contribution is -2.40. The van der Waals surface area contributed by atoms with Crippen molar-refractivity contribution in [3.05, 3.63) is 45.5 Å². The van der Waals surface area contributed by atoms with Gasteiger partial charge in [-0.05, 0) is 19.3 Å². The van der Waals surface area contributed by atoms with Crippen molar-refractivity contribution in [2.24, 2.45) is 0 Å². The largest absolute Gasteiger partial charge is 0.361 e. The average molecular weight is 342 g/mol. The van der Waals surface area contributed by atoms with Gasteiger partial charge in [0.25, 0.3) is 11.5 Å². The maximum atomic E-state index is 12.7. The number of likely N-dealkylation sites (tertiary alicyclic amines) is 1. The predicted octanol–water partition coefficient (Wildman–Crippen LogP) is 1.76. The van der Waals surface area contributed by atoms with Gasteiger partial charge in [0.05, 0.1) is 0 Å². The Morgan fingerprint density at radius 3 is 3.00 bits per heavy atom. The van der Waals surface area contributed by atoms with Crippen LogP contribution in [0.5, 0.6) is 0 Å². The van der Waals surface area contributed by atoms with Crippen LogP contribution in [0.25, 0.3) is 0 Å². The van der Waals surface area contributed by atoms with E-state index in [1.54, 1.807) is 12.1 Å². The van der Waals surface area contributed by atoms with E-state index in [9.17, 15) is 9.59 Å². The van der Waals surface area contributed by atoms with Gasteiger partial charge in [-0.2, -0.15) is 4.98 Å². The first-order valence-electron chi connectivity index (χ1n) is 9.01. The van der Waals surface area contributed by atoms with E-state index in [0.717, 1.165) is 55.9 Å². The molecule has 2 aromatic rings. The van der Waals surface area contributed by atoms with Crippen molar-refractivity contribution in [3.63, 3.8) is 0 Å². The zero-order valence-electron chi connectivity index (χ0n) is 14.4. The second kappa shape index (κ2) is 6.46. The van der Waals surface area contributed by atoms with Crippen LogP contribution in [0.2, 0.25) is 0 Å². The van der Waals surface area contributed by atoms with Crippen LogP contribution in [-0.2, 0) is 19.4 Å². The number of nitrogens with zero attached hydrogens (tertiary/aromatic N) is 4. The molecular weight excluding hydrogens is 320 g/mol. The Kier molecular flexibility index (Phi) is 4.15. The van der Waals surface area contributed by atoms with E-state index in [-0.39, 0.29) is 17.4 Å². The number of rotatable bonds is 3. The van der Waals surface area contributed by atoms with Crippen LogP contribution >= 0.6 is 0 Å². The molecule has 7 heteroatoms. The topological polar surface area (TPSA) is 81.2 Å². The molecule has 0 saturated carbocycles. The molecule has 132 valence electrons. The van der Waals surface area contributed by atoms with E-state index in [1.807, 2.05) is 11.8 Å². The third kappa shape index (κ3) is 2.99. The first-order chi connectivity index (χ1) is 12.2. The van der Waals surface area contributed by atoms with Crippen LogP contribution in [-0.4, -0.2) is 38.6 Å². The number of piperidine rings is 1. The highest BCUT2D eigenvalue weighted by atomic mass is 16.5. The number of aryl methyl sites for hydroxylation is 2. The van der Waals surface area contributed by atoms with Crippen LogP contribution in [0.15, 0.2) is 21.5 Å². The smallest absolute Gasteiger partial charge is 0.276 e. The van der Waals surface area contributed by atoms with Crippen LogP contribution in [0.3, 0.4) is 0 Å². The van der Waals surface area contributed by atoms with Crippen LogP contribution in [0.4, 0.5) is 0 Å². The molecule has 2 aromatic heterocycles. The summed E-state index contributed by atoms with van der Waals surface area (Å²) in [6.07, 6.45) is 4.50. The van der Waals surface area contributed by atoms with Gasteiger partial charge in [0, 0.05) is 56.2 Å². The summed E-state index contributed by atoms with van der Waals surface area (Å²) in [5.41, 5.74) is 1.23. The molecule has 25 heavy (non-hydrogen) atoms. The summed E-state index contributed by atoms with van der Waals surface area (Å²) in [5.74, 6) is 1.68. The molecule has 0 aromatic carbocycles. The Hall–Kier alpha value is -2.44. The van der Waals surface area contributed by atoms with Crippen molar-refractivity contribution >= 4 is 5.91 Å². The SMILES string of the molecule is CCc1cc(C(=O)N2CCC[C@H](c3cc(=O)nc4n3CCC4)C2)no1. The summed E-state index contributed by atoms with van der Waals surface area (Å²) in [6.45, 7) is 4.20. The number of fused-ring (bicyclic) bond motifs is 1. The zero-order chi connectivity index (χ0) is 17.4. The maximum Gasteiger partial charge on any atom is 0.276 e. The molecule has 1 amide bonds. The molecule has 2 aliphatic heterocycles. The maximum absolute atomic E-state index is 12.7. The van der Waals surface area contributed by atoms with Gasteiger partial charge in [-0.15, -0.1) is 0 Å². The summed E-state index contributed by atoms with van der Waals surface area (Å²) in [5, 5.41) is 3.90. The minimum absolute atomic E-state index is 0.0915. The molecule has 0 unspecified atom stereocenters. The van der Waals surface area contributed by atoms with Gasteiger partial charge in [-0.25, -0.2) is 0 Å². The Labute approximate surface area is 145 Å². The Morgan fingerprint density at radius 2 is 2.20 bits per heavy atom. The van der Waals surface area contributed by atoms with Gasteiger partial charge >= 0.3 is 0 Å². The van der Waals surface area contributed by atoms with Crippen molar-refractivity contribution in [3.8, 4) is 0 Å². The monoisotopic (exact) mass is 342 g/mol. The summed E-state index contributed by atoms with van der Waals surface area (Å²) in [4.78, 5) is 30.6. The van der Waals surface area contributed by atoms with Crippen molar-refractivity contribution in [1.82, 2.24) is 19.6 Å². The highest BCUT2D eigenvalue weighted by Crippen LogP contribution is 2.29. The molecule has 1 saturated heterocycles. The number of aromatic nitrogens is 3. The lowest BCUT2D eigenvalue weighted by Gasteiger charge is -2.33. The predicted molar refractivity (Wildman–Crippen MR) is 90.6 cm³/mol. The van der Waals surface area contributed by atoms with E-state index < -0.39 is 0 Å². The van der Waals surface area contributed by atoms with Crippen LogP contribution < -0.4 is 5.56 Å². The van der Waals surface area contributed by atoms with E-state index in [4.69, 9.17) is 4.52 Å². The van der Waals surface area contributed by atoms with E-state index in [2.05, 4.69) is 14.7 Å². The Bertz CT molecular complexity index is 854. The van der Waals surface area contributed by atoms with E-state index in [1.165, 1.54) is 0 Å². The molecule has 4 heterocycles. The molecule has 0 spiro atoms. The molecule has 2 aliphatic rings. The van der Waals surface area contributed by atoms with E-state index >= 15 is 0 Å². The standard InChI is InChI=1S/C18H22N4O3/c1-2-13-9-14(20-25-13)18(24)21-7-3-5-12(11-21)15-10-17(23)19-16-6-4-8-22(15)16/h9-10,12H,2-8,11H2,1H3/t12-/m0/s1. The molecule has 0 radical (unpaired) electrons. The molecule has 0 bridgehead atoms. The van der Waals surface area contributed by atoms with Crippen molar-refractivity contribution in [1.29, 1.82) is 0 Å². The number of hydrogen-bond donors (Lipinski definition) is 0. The minimum atomic E-state index is -0.171. The molecule has 1 fully saturated rings. The molecule has 0 N–H and O–H groups in total. The third-order valence-electron chi connectivity index (χ3n) is 5.17. The Morgan fingerprint density at radius 1 is 1.32 bits per heavy atom. The van der Waals surface area contributed by atoms with Gasteiger partial charge in [-0.1, -0.05) is 12.1 Å². The molecule has 1 atom stereocenters. The van der Waals surface area contributed by atoms with Crippen molar-refractivity contribution < 1.29 is 9.32 Å². The van der Waals surface area contributed by atoms with Crippen molar-refractivity contribution in [2.75, 3.05) is 13.1 Å².